The normalized spacial score (nSPS) is 28.4. The van der Waals surface area contributed by atoms with Crippen molar-refractivity contribution in [1.29, 1.82) is 0 Å². The first kappa shape index (κ1) is 14.4. The molecule has 3 rings (SSSR count). The second-order valence-electron chi connectivity index (χ2n) is 6.95. The molecule has 21 heavy (non-hydrogen) atoms. The minimum absolute atomic E-state index is 0.113. The van der Waals surface area contributed by atoms with Gasteiger partial charge in [0.15, 0.2) is 0 Å². The molecular formula is C18H26N2O. The highest BCUT2D eigenvalue weighted by Gasteiger charge is 2.26. The van der Waals surface area contributed by atoms with Gasteiger partial charge in [0.1, 0.15) is 0 Å². The number of fused-ring (bicyclic) bond motifs is 1. The maximum absolute atomic E-state index is 12.7. The Morgan fingerprint density at radius 1 is 1.19 bits per heavy atom. The molecule has 0 spiro atoms. The molecule has 1 fully saturated rings. The molecule has 2 aliphatic rings. The first-order valence-corrected chi connectivity index (χ1v) is 8.30. The van der Waals surface area contributed by atoms with Crippen molar-refractivity contribution in [2.45, 2.75) is 52.0 Å². The van der Waals surface area contributed by atoms with Gasteiger partial charge in [-0.1, -0.05) is 19.9 Å². The van der Waals surface area contributed by atoms with E-state index in [1.165, 1.54) is 12.0 Å². The third-order valence-corrected chi connectivity index (χ3v) is 4.85. The summed E-state index contributed by atoms with van der Waals surface area (Å²) in [5.74, 6) is 1.54. The van der Waals surface area contributed by atoms with Crippen LogP contribution in [-0.2, 0) is 6.42 Å². The summed E-state index contributed by atoms with van der Waals surface area (Å²) in [5, 5.41) is 6.68. The number of amides is 1. The Bertz CT molecular complexity index is 516. The quantitative estimate of drug-likeness (QED) is 0.872. The summed E-state index contributed by atoms with van der Waals surface area (Å²) in [6.07, 6.45) is 5.63. The molecule has 0 bridgehead atoms. The third-order valence-electron chi connectivity index (χ3n) is 4.85. The number of hydrogen-bond donors (Lipinski definition) is 2. The molecular weight excluding hydrogens is 260 g/mol. The van der Waals surface area contributed by atoms with Gasteiger partial charge in [-0.05, 0) is 61.6 Å². The van der Waals surface area contributed by atoms with Crippen molar-refractivity contribution >= 4 is 11.6 Å². The number of nitrogens with one attached hydrogen (secondary N) is 2. The zero-order valence-corrected chi connectivity index (χ0v) is 13.1. The summed E-state index contributed by atoms with van der Waals surface area (Å²) >= 11 is 0. The zero-order chi connectivity index (χ0) is 14.8. The van der Waals surface area contributed by atoms with Crippen molar-refractivity contribution in [3.63, 3.8) is 0 Å². The number of anilines is 1. The Hall–Kier alpha value is -1.51. The molecule has 1 amide bonds. The molecule has 2 atom stereocenters. The Morgan fingerprint density at radius 2 is 1.95 bits per heavy atom. The molecule has 3 nitrogen and oxygen atoms in total. The van der Waals surface area contributed by atoms with Crippen LogP contribution in [0.15, 0.2) is 18.2 Å². The van der Waals surface area contributed by atoms with E-state index in [4.69, 9.17) is 0 Å². The third kappa shape index (κ3) is 3.22. The van der Waals surface area contributed by atoms with Gasteiger partial charge in [0.05, 0.1) is 0 Å². The fourth-order valence-electron chi connectivity index (χ4n) is 4.05. The van der Waals surface area contributed by atoms with Crippen LogP contribution in [0.5, 0.6) is 0 Å². The molecule has 0 aromatic heterocycles. The van der Waals surface area contributed by atoms with E-state index in [-0.39, 0.29) is 5.91 Å². The van der Waals surface area contributed by atoms with Crippen LogP contribution in [0.1, 0.15) is 55.5 Å². The summed E-state index contributed by atoms with van der Waals surface area (Å²) < 4.78 is 0. The number of carbonyl (C=O) groups is 1. The van der Waals surface area contributed by atoms with Crippen LogP contribution in [0.2, 0.25) is 0 Å². The van der Waals surface area contributed by atoms with Crippen LogP contribution in [-0.4, -0.2) is 18.5 Å². The molecule has 114 valence electrons. The lowest BCUT2D eigenvalue weighted by molar-refractivity contribution is 0.0910. The standard InChI is InChI=1S/C18H26N2O/c1-12-9-13(2)11-14(10-12)20-18(21)16-5-3-7-17-15(16)6-4-8-19-17/h3,5,7,12-14,19H,4,6,8-11H2,1-2H3,(H,20,21). The maximum atomic E-state index is 12.7. The molecule has 1 saturated carbocycles. The van der Waals surface area contributed by atoms with Crippen LogP contribution < -0.4 is 10.6 Å². The van der Waals surface area contributed by atoms with Crippen molar-refractivity contribution in [3.8, 4) is 0 Å². The van der Waals surface area contributed by atoms with E-state index >= 15 is 0 Å². The van der Waals surface area contributed by atoms with Crippen LogP contribution in [0.25, 0.3) is 0 Å². The minimum atomic E-state index is 0.113. The Kier molecular flexibility index (Phi) is 4.18. The van der Waals surface area contributed by atoms with E-state index in [0.717, 1.165) is 43.5 Å². The maximum Gasteiger partial charge on any atom is 0.251 e. The number of benzene rings is 1. The lowest BCUT2D eigenvalue weighted by atomic mass is 9.80. The lowest BCUT2D eigenvalue weighted by Crippen LogP contribution is -2.40. The largest absolute Gasteiger partial charge is 0.385 e. The topological polar surface area (TPSA) is 41.1 Å². The van der Waals surface area contributed by atoms with Crippen LogP contribution >= 0.6 is 0 Å². The van der Waals surface area contributed by atoms with Gasteiger partial charge in [-0.2, -0.15) is 0 Å². The van der Waals surface area contributed by atoms with Crippen LogP contribution in [0, 0.1) is 11.8 Å². The highest BCUT2D eigenvalue weighted by atomic mass is 16.1. The molecule has 1 aromatic carbocycles. The molecule has 1 heterocycles. The van der Waals surface area contributed by atoms with Crippen molar-refractivity contribution < 1.29 is 4.79 Å². The lowest BCUT2D eigenvalue weighted by Gasteiger charge is -2.32. The molecule has 0 saturated heterocycles. The highest BCUT2D eigenvalue weighted by Crippen LogP contribution is 2.29. The van der Waals surface area contributed by atoms with Gasteiger partial charge in [0.25, 0.3) is 5.91 Å². The van der Waals surface area contributed by atoms with Crippen molar-refractivity contribution in [2.75, 3.05) is 11.9 Å². The molecule has 3 heteroatoms. The van der Waals surface area contributed by atoms with Crippen molar-refractivity contribution in [2.24, 2.45) is 11.8 Å². The number of rotatable bonds is 2. The van der Waals surface area contributed by atoms with E-state index in [9.17, 15) is 4.79 Å². The van der Waals surface area contributed by atoms with E-state index in [1.807, 2.05) is 12.1 Å². The summed E-state index contributed by atoms with van der Waals surface area (Å²) in [7, 11) is 0. The highest BCUT2D eigenvalue weighted by molar-refractivity contribution is 5.97. The second-order valence-corrected chi connectivity index (χ2v) is 6.95. The monoisotopic (exact) mass is 286 g/mol. The van der Waals surface area contributed by atoms with Crippen molar-refractivity contribution in [3.05, 3.63) is 29.3 Å². The molecule has 1 aromatic rings. The Labute approximate surface area is 127 Å². The van der Waals surface area contributed by atoms with Gasteiger partial charge in [0, 0.05) is 23.8 Å². The average Bonchev–Trinajstić information content (AvgIpc) is 2.45. The zero-order valence-electron chi connectivity index (χ0n) is 13.1. The van der Waals surface area contributed by atoms with Gasteiger partial charge >= 0.3 is 0 Å². The smallest absolute Gasteiger partial charge is 0.251 e. The van der Waals surface area contributed by atoms with E-state index in [0.29, 0.717) is 17.9 Å². The van der Waals surface area contributed by atoms with Crippen molar-refractivity contribution in [1.82, 2.24) is 5.32 Å². The first-order chi connectivity index (χ1) is 10.1. The minimum Gasteiger partial charge on any atom is -0.385 e. The SMILES string of the molecule is CC1CC(C)CC(NC(=O)c2cccc3c2CCCN3)C1. The summed E-state index contributed by atoms with van der Waals surface area (Å²) in [6, 6.07) is 6.37. The first-order valence-electron chi connectivity index (χ1n) is 8.30. The second kappa shape index (κ2) is 6.08. The Morgan fingerprint density at radius 3 is 2.71 bits per heavy atom. The fourth-order valence-corrected chi connectivity index (χ4v) is 4.05. The number of carbonyl (C=O) groups excluding carboxylic acids is 1. The summed E-state index contributed by atoms with van der Waals surface area (Å²) in [6.45, 7) is 5.60. The van der Waals surface area contributed by atoms with Crippen LogP contribution in [0.3, 0.4) is 0 Å². The molecule has 0 radical (unpaired) electrons. The average molecular weight is 286 g/mol. The van der Waals surface area contributed by atoms with Gasteiger partial charge in [0.2, 0.25) is 0 Å². The predicted molar refractivity (Wildman–Crippen MR) is 86.7 cm³/mol. The fraction of sp³-hybridized carbons (Fsp3) is 0.611. The molecule has 2 N–H and O–H groups in total. The van der Waals surface area contributed by atoms with Gasteiger partial charge < -0.3 is 10.6 Å². The summed E-state index contributed by atoms with van der Waals surface area (Å²) in [4.78, 5) is 12.7. The van der Waals surface area contributed by atoms with Gasteiger partial charge in [-0.25, -0.2) is 0 Å². The number of hydrogen-bond acceptors (Lipinski definition) is 2. The van der Waals surface area contributed by atoms with E-state index in [1.54, 1.807) is 0 Å². The molecule has 1 aliphatic heterocycles. The Balaban J connectivity index is 1.74. The summed E-state index contributed by atoms with van der Waals surface area (Å²) in [5.41, 5.74) is 3.20. The van der Waals surface area contributed by atoms with E-state index in [2.05, 4.69) is 30.5 Å². The van der Waals surface area contributed by atoms with E-state index < -0.39 is 0 Å². The predicted octanol–water partition coefficient (Wildman–Crippen LogP) is 3.60. The van der Waals surface area contributed by atoms with Gasteiger partial charge in [-0.15, -0.1) is 0 Å². The molecule has 2 unspecified atom stereocenters. The molecule has 1 aliphatic carbocycles. The van der Waals surface area contributed by atoms with Crippen LogP contribution in [0.4, 0.5) is 5.69 Å². The van der Waals surface area contributed by atoms with Gasteiger partial charge in [-0.3, -0.25) is 4.79 Å².